The molecule has 0 aliphatic carbocycles. The van der Waals surface area contributed by atoms with Crippen LogP contribution in [0.5, 0.6) is 0 Å². The number of rotatable bonds is 7. The van der Waals surface area contributed by atoms with Crippen LogP contribution in [0.2, 0.25) is 0 Å². The fourth-order valence-electron chi connectivity index (χ4n) is 3.59. The Morgan fingerprint density at radius 3 is 2.35 bits per heavy atom. The van der Waals surface area contributed by atoms with Gasteiger partial charge in [-0.1, -0.05) is 44.2 Å². The SMILES string of the molecule is CCN(CC)Cc1ccc(Nc2nc3ccc(F)cc3c(=O)n2-c2ccccc2)cc1. The maximum Gasteiger partial charge on any atom is 0.267 e. The second-order valence-electron chi connectivity index (χ2n) is 7.36. The van der Waals surface area contributed by atoms with Gasteiger partial charge in [-0.2, -0.15) is 0 Å². The third-order valence-electron chi connectivity index (χ3n) is 5.36. The monoisotopic (exact) mass is 416 g/mol. The van der Waals surface area contributed by atoms with Crippen molar-refractivity contribution < 1.29 is 4.39 Å². The third-order valence-corrected chi connectivity index (χ3v) is 5.36. The first-order valence-corrected chi connectivity index (χ1v) is 10.4. The molecular weight excluding hydrogens is 391 g/mol. The Balaban J connectivity index is 1.75. The Morgan fingerprint density at radius 2 is 1.68 bits per heavy atom. The van der Waals surface area contributed by atoms with E-state index in [0.717, 1.165) is 25.3 Å². The van der Waals surface area contributed by atoms with Gasteiger partial charge < -0.3 is 5.32 Å². The molecule has 0 spiro atoms. The molecular formula is C25H25FN4O. The molecule has 0 unspecified atom stereocenters. The van der Waals surface area contributed by atoms with E-state index >= 15 is 0 Å². The van der Waals surface area contributed by atoms with Crippen LogP contribution in [0.1, 0.15) is 19.4 Å². The third kappa shape index (κ3) is 4.49. The van der Waals surface area contributed by atoms with Crippen LogP contribution in [0.3, 0.4) is 0 Å². The van der Waals surface area contributed by atoms with Crippen LogP contribution in [-0.4, -0.2) is 27.5 Å². The highest BCUT2D eigenvalue weighted by Gasteiger charge is 2.14. The molecule has 0 aliphatic heterocycles. The Hall–Kier alpha value is -3.51. The molecule has 1 aromatic heterocycles. The molecule has 5 nitrogen and oxygen atoms in total. The Kier molecular flexibility index (Phi) is 6.09. The highest BCUT2D eigenvalue weighted by Crippen LogP contribution is 2.21. The van der Waals surface area contributed by atoms with Gasteiger partial charge >= 0.3 is 0 Å². The van der Waals surface area contributed by atoms with Crippen molar-refractivity contribution in [2.75, 3.05) is 18.4 Å². The summed E-state index contributed by atoms with van der Waals surface area (Å²) in [6.07, 6.45) is 0. The summed E-state index contributed by atoms with van der Waals surface area (Å²) in [6.45, 7) is 7.20. The molecule has 1 N–H and O–H groups in total. The van der Waals surface area contributed by atoms with Crippen molar-refractivity contribution in [2.24, 2.45) is 0 Å². The number of para-hydroxylation sites is 1. The first-order valence-electron chi connectivity index (χ1n) is 10.4. The predicted octanol–water partition coefficient (Wildman–Crippen LogP) is 5.11. The topological polar surface area (TPSA) is 50.2 Å². The van der Waals surface area contributed by atoms with Crippen LogP contribution < -0.4 is 10.9 Å². The van der Waals surface area contributed by atoms with Crippen molar-refractivity contribution in [2.45, 2.75) is 20.4 Å². The largest absolute Gasteiger partial charge is 0.325 e. The molecule has 0 saturated carbocycles. The van der Waals surface area contributed by atoms with Gasteiger partial charge in [0, 0.05) is 12.2 Å². The average Bonchev–Trinajstić information content (AvgIpc) is 2.80. The summed E-state index contributed by atoms with van der Waals surface area (Å²) in [6, 6.07) is 21.4. The van der Waals surface area contributed by atoms with Gasteiger partial charge in [-0.15, -0.1) is 0 Å². The summed E-state index contributed by atoms with van der Waals surface area (Å²) in [5, 5.41) is 3.51. The number of nitrogens with one attached hydrogen (secondary N) is 1. The minimum atomic E-state index is -0.462. The zero-order chi connectivity index (χ0) is 21.8. The number of nitrogens with zero attached hydrogens (tertiary/aromatic N) is 3. The highest BCUT2D eigenvalue weighted by molar-refractivity contribution is 5.80. The zero-order valence-corrected chi connectivity index (χ0v) is 17.7. The van der Waals surface area contributed by atoms with Crippen molar-refractivity contribution in [3.63, 3.8) is 0 Å². The van der Waals surface area contributed by atoms with Gasteiger partial charge in [0.05, 0.1) is 16.6 Å². The standard InChI is InChI=1S/C25H25FN4O/c1-3-29(4-2)17-18-10-13-20(14-11-18)27-25-28-23-15-12-19(26)16-22(23)24(31)30(25)21-8-6-5-7-9-21/h5-16H,3-4,17H2,1-2H3,(H,27,28). The fraction of sp³-hybridized carbons (Fsp3) is 0.200. The summed E-state index contributed by atoms with van der Waals surface area (Å²) >= 11 is 0. The number of hydrogen-bond donors (Lipinski definition) is 1. The lowest BCUT2D eigenvalue weighted by Crippen LogP contribution is -2.23. The molecule has 0 aliphatic rings. The van der Waals surface area contributed by atoms with Gasteiger partial charge in [0.25, 0.3) is 5.56 Å². The summed E-state index contributed by atoms with van der Waals surface area (Å²) in [5.41, 5.74) is 2.82. The molecule has 0 atom stereocenters. The van der Waals surface area contributed by atoms with E-state index in [4.69, 9.17) is 0 Å². The smallest absolute Gasteiger partial charge is 0.267 e. The minimum Gasteiger partial charge on any atom is -0.325 e. The Bertz CT molecular complexity index is 1230. The molecule has 6 heteroatoms. The molecule has 4 aromatic rings. The fourth-order valence-corrected chi connectivity index (χ4v) is 3.59. The van der Waals surface area contributed by atoms with E-state index in [-0.39, 0.29) is 10.9 Å². The summed E-state index contributed by atoms with van der Waals surface area (Å²) in [4.78, 5) is 20.2. The van der Waals surface area contributed by atoms with Gasteiger partial charge in [0.15, 0.2) is 0 Å². The lowest BCUT2D eigenvalue weighted by molar-refractivity contribution is 0.296. The molecule has 4 rings (SSSR count). The van der Waals surface area contributed by atoms with Gasteiger partial charge in [-0.25, -0.2) is 13.9 Å². The molecule has 3 aromatic carbocycles. The number of aromatic nitrogens is 2. The van der Waals surface area contributed by atoms with Gasteiger partial charge in [-0.05, 0) is 61.1 Å². The number of anilines is 2. The van der Waals surface area contributed by atoms with Crippen LogP contribution in [0, 0.1) is 5.82 Å². The maximum absolute atomic E-state index is 13.8. The van der Waals surface area contributed by atoms with Crippen molar-refractivity contribution in [1.29, 1.82) is 0 Å². The number of hydrogen-bond acceptors (Lipinski definition) is 4. The summed E-state index contributed by atoms with van der Waals surface area (Å²) < 4.78 is 15.3. The van der Waals surface area contributed by atoms with E-state index in [1.807, 2.05) is 42.5 Å². The molecule has 158 valence electrons. The minimum absolute atomic E-state index is 0.240. The quantitative estimate of drug-likeness (QED) is 0.455. The molecule has 0 bridgehead atoms. The van der Waals surface area contributed by atoms with Crippen molar-refractivity contribution in [1.82, 2.24) is 14.5 Å². The lowest BCUT2D eigenvalue weighted by atomic mass is 10.2. The maximum atomic E-state index is 13.8. The number of benzene rings is 3. The average molecular weight is 417 g/mol. The molecule has 31 heavy (non-hydrogen) atoms. The van der Waals surface area contributed by atoms with Crippen LogP contribution in [0.4, 0.5) is 16.0 Å². The van der Waals surface area contributed by atoms with Gasteiger partial charge in [0.2, 0.25) is 5.95 Å². The van der Waals surface area contributed by atoms with E-state index in [1.165, 1.54) is 28.3 Å². The van der Waals surface area contributed by atoms with Crippen molar-refractivity contribution in [3.05, 3.63) is 94.5 Å². The second-order valence-corrected chi connectivity index (χ2v) is 7.36. The molecule has 0 saturated heterocycles. The first kappa shape index (κ1) is 20.8. The summed E-state index contributed by atoms with van der Waals surface area (Å²) in [7, 11) is 0. The lowest BCUT2D eigenvalue weighted by Gasteiger charge is -2.18. The number of fused-ring (bicyclic) bond motifs is 1. The van der Waals surface area contributed by atoms with E-state index in [1.54, 1.807) is 0 Å². The Labute approximate surface area is 180 Å². The van der Waals surface area contributed by atoms with E-state index in [9.17, 15) is 9.18 Å². The van der Waals surface area contributed by atoms with E-state index < -0.39 is 5.82 Å². The van der Waals surface area contributed by atoms with Crippen molar-refractivity contribution >= 4 is 22.5 Å². The van der Waals surface area contributed by atoms with Crippen LogP contribution in [0.15, 0.2) is 77.6 Å². The zero-order valence-electron chi connectivity index (χ0n) is 17.7. The van der Waals surface area contributed by atoms with Gasteiger partial charge in [-0.3, -0.25) is 9.69 Å². The van der Waals surface area contributed by atoms with Crippen LogP contribution in [0.25, 0.3) is 16.6 Å². The van der Waals surface area contributed by atoms with E-state index in [2.05, 4.69) is 41.2 Å². The number of halogens is 1. The van der Waals surface area contributed by atoms with Crippen molar-refractivity contribution in [3.8, 4) is 5.69 Å². The van der Waals surface area contributed by atoms with E-state index in [0.29, 0.717) is 17.2 Å². The Morgan fingerprint density at radius 1 is 0.968 bits per heavy atom. The molecule has 0 radical (unpaired) electrons. The highest BCUT2D eigenvalue weighted by atomic mass is 19.1. The molecule has 0 fully saturated rings. The summed E-state index contributed by atoms with van der Waals surface area (Å²) in [5.74, 6) is -0.0812. The predicted molar refractivity (Wildman–Crippen MR) is 124 cm³/mol. The van der Waals surface area contributed by atoms with Crippen LogP contribution in [-0.2, 0) is 6.54 Å². The molecule has 1 heterocycles. The van der Waals surface area contributed by atoms with Gasteiger partial charge in [0.1, 0.15) is 5.82 Å². The molecule has 0 amide bonds. The second kappa shape index (κ2) is 9.10. The normalized spacial score (nSPS) is 11.2. The van der Waals surface area contributed by atoms with Crippen LogP contribution >= 0.6 is 0 Å². The first-order chi connectivity index (χ1) is 15.1.